The molecular weight excluding hydrogens is 334 g/mol. The van der Waals surface area contributed by atoms with Gasteiger partial charge in [0.15, 0.2) is 0 Å². The molecule has 2 atom stereocenters. The number of rotatable bonds is 2. The summed E-state index contributed by atoms with van der Waals surface area (Å²) in [6.07, 6.45) is 3.58. The molecule has 98 valence electrons. The van der Waals surface area contributed by atoms with Crippen LogP contribution < -0.4 is 0 Å². The summed E-state index contributed by atoms with van der Waals surface area (Å²) in [7, 11) is -3.32. The fourth-order valence-electron chi connectivity index (χ4n) is 3.00. The van der Waals surface area contributed by atoms with Crippen molar-refractivity contribution in [1.82, 2.24) is 4.31 Å². The maximum atomic E-state index is 12.7. The normalized spacial score (nSPS) is 28.8. The SMILES string of the molecule is C=C1CC2CCC(C1)N2S(=O)(=O)c1ccc(Br)s1. The van der Waals surface area contributed by atoms with Crippen LogP contribution in [0.1, 0.15) is 25.7 Å². The zero-order valence-electron chi connectivity index (χ0n) is 9.80. The second-order valence-corrected chi connectivity index (χ2v) is 9.47. The number of sulfonamides is 1. The van der Waals surface area contributed by atoms with Gasteiger partial charge in [-0.05, 0) is 53.7 Å². The van der Waals surface area contributed by atoms with E-state index >= 15 is 0 Å². The average molecular weight is 348 g/mol. The summed E-state index contributed by atoms with van der Waals surface area (Å²) in [6, 6.07) is 3.74. The molecule has 2 fully saturated rings. The molecule has 3 heterocycles. The first-order chi connectivity index (χ1) is 8.48. The number of fused-ring (bicyclic) bond motifs is 2. The van der Waals surface area contributed by atoms with Crippen LogP contribution in [0.3, 0.4) is 0 Å². The van der Waals surface area contributed by atoms with Crippen molar-refractivity contribution in [3.8, 4) is 0 Å². The van der Waals surface area contributed by atoms with Crippen LogP contribution in [0, 0.1) is 0 Å². The van der Waals surface area contributed by atoms with Gasteiger partial charge in [-0.3, -0.25) is 0 Å². The lowest BCUT2D eigenvalue weighted by atomic mass is 10.0. The van der Waals surface area contributed by atoms with E-state index in [9.17, 15) is 8.42 Å². The molecule has 2 aliphatic heterocycles. The van der Waals surface area contributed by atoms with E-state index in [1.807, 2.05) is 0 Å². The van der Waals surface area contributed by atoms with Gasteiger partial charge in [-0.1, -0.05) is 12.2 Å². The lowest BCUT2D eigenvalue weighted by Crippen LogP contribution is -2.44. The fourth-order valence-corrected chi connectivity index (χ4v) is 6.99. The largest absolute Gasteiger partial charge is 0.253 e. The number of hydrogen-bond donors (Lipinski definition) is 0. The number of nitrogens with zero attached hydrogens (tertiary/aromatic N) is 1. The quantitative estimate of drug-likeness (QED) is 0.769. The third kappa shape index (κ3) is 1.99. The van der Waals surface area contributed by atoms with Crippen molar-refractivity contribution in [2.45, 2.75) is 42.0 Å². The van der Waals surface area contributed by atoms with Gasteiger partial charge in [-0.15, -0.1) is 11.3 Å². The van der Waals surface area contributed by atoms with Crippen LogP contribution in [0.5, 0.6) is 0 Å². The Morgan fingerprint density at radius 1 is 1.28 bits per heavy atom. The summed E-state index contributed by atoms with van der Waals surface area (Å²) >= 11 is 4.61. The van der Waals surface area contributed by atoms with E-state index in [0.29, 0.717) is 4.21 Å². The van der Waals surface area contributed by atoms with Crippen LogP contribution >= 0.6 is 27.3 Å². The van der Waals surface area contributed by atoms with Gasteiger partial charge in [-0.2, -0.15) is 4.31 Å². The molecule has 2 aliphatic rings. The maximum Gasteiger partial charge on any atom is 0.253 e. The van der Waals surface area contributed by atoms with Crippen molar-refractivity contribution >= 4 is 37.3 Å². The second-order valence-electron chi connectivity index (χ2n) is 4.94. The van der Waals surface area contributed by atoms with E-state index in [0.717, 1.165) is 29.5 Å². The molecule has 3 nitrogen and oxygen atoms in total. The van der Waals surface area contributed by atoms with Crippen molar-refractivity contribution in [2.24, 2.45) is 0 Å². The molecule has 0 radical (unpaired) electrons. The van der Waals surface area contributed by atoms with Crippen LogP contribution in [-0.4, -0.2) is 24.8 Å². The highest BCUT2D eigenvalue weighted by Gasteiger charge is 2.45. The van der Waals surface area contributed by atoms with Gasteiger partial charge in [0.05, 0.1) is 3.79 Å². The molecule has 0 aromatic carbocycles. The van der Waals surface area contributed by atoms with Gasteiger partial charge in [0, 0.05) is 12.1 Å². The Morgan fingerprint density at radius 3 is 2.39 bits per heavy atom. The van der Waals surface area contributed by atoms with E-state index < -0.39 is 10.0 Å². The monoisotopic (exact) mass is 347 g/mol. The number of piperidine rings is 1. The molecule has 1 aromatic heterocycles. The molecule has 2 bridgehead atoms. The minimum atomic E-state index is -3.32. The van der Waals surface area contributed by atoms with E-state index in [2.05, 4.69) is 22.5 Å². The zero-order valence-corrected chi connectivity index (χ0v) is 13.0. The third-order valence-corrected chi connectivity index (χ3v) is 7.78. The highest BCUT2D eigenvalue weighted by molar-refractivity contribution is 9.11. The first kappa shape index (κ1) is 12.8. The molecule has 0 N–H and O–H groups in total. The Bertz CT molecular complexity index is 577. The predicted octanol–water partition coefficient (Wildman–Crippen LogP) is 3.38. The number of halogens is 1. The van der Waals surface area contributed by atoms with E-state index in [1.54, 1.807) is 16.4 Å². The van der Waals surface area contributed by atoms with Crippen LogP contribution in [0.15, 0.2) is 32.3 Å². The minimum Gasteiger partial charge on any atom is -0.206 e. The van der Waals surface area contributed by atoms with E-state index in [1.165, 1.54) is 16.9 Å². The third-order valence-electron chi connectivity index (χ3n) is 3.68. The number of thiophene rings is 1. The molecule has 0 saturated carbocycles. The van der Waals surface area contributed by atoms with Crippen LogP contribution in [-0.2, 0) is 10.0 Å². The lowest BCUT2D eigenvalue weighted by Gasteiger charge is -2.34. The molecule has 0 spiro atoms. The fraction of sp³-hybridized carbons (Fsp3) is 0.500. The van der Waals surface area contributed by atoms with Crippen molar-refractivity contribution in [1.29, 1.82) is 0 Å². The van der Waals surface area contributed by atoms with Gasteiger partial charge < -0.3 is 0 Å². The van der Waals surface area contributed by atoms with Crippen LogP contribution in [0.4, 0.5) is 0 Å². The Labute approximate surface area is 120 Å². The van der Waals surface area contributed by atoms with E-state index in [4.69, 9.17) is 0 Å². The molecule has 18 heavy (non-hydrogen) atoms. The summed E-state index contributed by atoms with van der Waals surface area (Å²) in [5, 5.41) is 0. The minimum absolute atomic E-state index is 0.127. The van der Waals surface area contributed by atoms with Crippen molar-refractivity contribution in [2.75, 3.05) is 0 Å². The Kier molecular flexibility index (Phi) is 3.17. The van der Waals surface area contributed by atoms with Crippen molar-refractivity contribution in [3.05, 3.63) is 28.1 Å². The Morgan fingerprint density at radius 2 is 1.89 bits per heavy atom. The summed E-state index contributed by atoms with van der Waals surface area (Å²) in [5.74, 6) is 0. The van der Waals surface area contributed by atoms with Gasteiger partial charge in [0.2, 0.25) is 0 Å². The maximum absolute atomic E-state index is 12.7. The smallest absolute Gasteiger partial charge is 0.206 e. The predicted molar refractivity (Wildman–Crippen MR) is 76.2 cm³/mol. The van der Waals surface area contributed by atoms with Crippen molar-refractivity contribution < 1.29 is 8.42 Å². The molecule has 3 rings (SSSR count). The highest BCUT2D eigenvalue weighted by atomic mass is 79.9. The first-order valence-electron chi connectivity index (χ1n) is 5.94. The average Bonchev–Trinajstić information content (AvgIpc) is 2.83. The van der Waals surface area contributed by atoms with Crippen molar-refractivity contribution in [3.63, 3.8) is 0 Å². The van der Waals surface area contributed by atoms with Crippen LogP contribution in [0.25, 0.3) is 0 Å². The van der Waals surface area contributed by atoms with Gasteiger partial charge in [0.1, 0.15) is 4.21 Å². The second kappa shape index (κ2) is 4.44. The molecule has 2 unspecified atom stereocenters. The lowest BCUT2D eigenvalue weighted by molar-refractivity contribution is 0.286. The molecule has 0 aliphatic carbocycles. The Hall–Kier alpha value is -0.170. The van der Waals surface area contributed by atoms with Crippen LogP contribution in [0.2, 0.25) is 0 Å². The number of hydrogen-bond acceptors (Lipinski definition) is 3. The molecule has 2 saturated heterocycles. The standard InChI is InChI=1S/C12H14BrNO2S2/c1-8-6-9-2-3-10(7-8)14(9)18(15,16)12-5-4-11(13)17-12/h4-5,9-10H,1-3,6-7H2. The summed E-state index contributed by atoms with van der Waals surface area (Å²) < 4.78 is 28.3. The molecule has 6 heteroatoms. The van der Waals surface area contributed by atoms with Gasteiger partial charge in [-0.25, -0.2) is 8.42 Å². The van der Waals surface area contributed by atoms with E-state index in [-0.39, 0.29) is 12.1 Å². The summed E-state index contributed by atoms with van der Waals surface area (Å²) in [5.41, 5.74) is 1.20. The van der Waals surface area contributed by atoms with Gasteiger partial charge >= 0.3 is 0 Å². The van der Waals surface area contributed by atoms with Gasteiger partial charge in [0.25, 0.3) is 10.0 Å². The molecule has 0 amide bonds. The zero-order chi connectivity index (χ0) is 12.9. The first-order valence-corrected chi connectivity index (χ1v) is 8.99. The highest BCUT2D eigenvalue weighted by Crippen LogP contribution is 2.42. The summed E-state index contributed by atoms with van der Waals surface area (Å²) in [6.45, 7) is 4.02. The topological polar surface area (TPSA) is 37.4 Å². The summed E-state index contributed by atoms with van der Waals surface area (Å²) in [4.78, 5) is 0. The molecular formula is C12H14BrNO2S2. The Balaban J connectivity index is 1.98. The molecule has 1 aromatic rings.